The first kappa shape index (κ1) is 102. The fourth-order valence-corrected chi connectivity index (χ4v) is 13.1. The number of thiol groups is 2. The van der Waals surface area contributed by atoms with Gasteiger partial charge in [-0.25, -0.2) is 0 Å². The van der Waals surface area contributed by atoms with Crippen LogP contribution in [0.25, 0.3) is 21.8 Å². The van der Waals surface area contributed by atoms with Gasteiger partial charge in [-0.1, -0.05) is 48.5 Å². The molecular formula is C78H112N24O21S2. The Hall–Kier alpha value is -13.1. The number of aromatic hydroxyl groups is 1. The van der Waals surface area contributed by atoms with E-state index in [1.165, 1.54) is 30.5 Å². The van der Waals surface area contributed by atoms with Crippen molar-refractivity contribution in [2.75, 3.05) is 64.5 Å². The molecule has 0 saturated heterocycles. The number of hydrogen-bond acceptors (Lipinski definition) is 25. The van der Waals surface area contributed by atoms with Crippen LogP contribution in [0, 0.1) is 5.41 Å². The number of nitrogens with two attached hydrogens (primary N) is 6. The number of aromatic amines is 2. The summed E-state index contributed by atoms with van der Waals surface area (Å²) in [4.78, 5) is 251. The van der Waals surface area contributed by atoms with Crippen LogP contribution in [-0.4, -0.2) is 274 Å². The lowest BCUT2D eigenvalue weighted by Gasteiger charge is -2.29. The summed E-state index contributed by atoms with van der Waals surface area (Å²) in [5.41, 5.74) is 35.2. The number of carbonyl (C=O) groups is 18. The highest BCUT2D eigenvalue weighted by Crippen LogP contribution is 2.23. The molecule has 0 bridgehead atoms. The van der Waals surface area contributed by atoms with Gasteiger partial charge in [0, 0.05) is 105 Å². The largest absolute Gasteiger partial charge is 0.508 e. The summed E-state index contributed by atoms with van der Waals surface area (Å²) in [6.45, 7) is 0.207. The topological polar surface area (TPSA) is 740 Å². The van der Waals surface area contributed by atoms with Crippen molar-refractivity contribution >= 4 is 159 Å². The molecule has 125 heavy (non-hydrogen) atoms. The van der Waals surface area contributed by atoms with Crippen LogP contribution >= 0.6 is 25.3 Å². The molecule has 5 rings (SSSR count). The van der Waals surface area contributed by atoms with Gasteiger partial charge in [-0.2, -0.15) is 25.3 Å². The van der Waals surface area contributed by atoms with Gasteiger partial charge < -0.3 is 139 Å². The predicted octanol–water partition coefficient (Wildman–Crippen LogP) is -8.03. The fourth-order valence-electron chi connectivity index (χ4n) is 12.6. The fraction of sp³-hybridized carbons (Fsp3) is 0.474. The van der Waals surface area contributed by atoms with E-state index in [0.29, 0.717) is 57.9 Å². The minimum absolute atomic E-state index is 0.0152. The molecule has 0 aliphatic carbocycles. The molecule has 0 aliphatic heterocycles. The molecule has 0 radical (unpaired) electrons. The molecule has 12 atom stereocenters. The van der Waals surface area contributed by atoms with Gasteiger partial charge in [0.25, 0.3) is 0 Å². The van der Waals surface area contributed by atoms with Crippen molar-refractivity contribution in [2.24, 2.45) is 34.4 Å². The van der Waals surface area contributed by atoms with Gasteiger partial charge in [0.15, 0.2) is 5.96 Å². The molecule has 0 spiro atoms. The summed E-state index contributed by atoms with van der Waals surface area (Å²) in [6.07, 6.45) is -1.43. The number of likely N-dealkylation sites (N-methyl/N-ethyl adjacent to an activating group) is 1. The second kappa shape index (κ2) is 52.3. The van der Waals surface area contributed by atoms with E-state index in [1.807, 2.05) is 0 Å². The second-order valence-electron chi connectivity index (χ2n) is 29.2. The highest BCUT2D eigenvalue weighted by molar-refractivity contribution is 7.80. The third kappa shape index (κ3) is 35.7. The molecule has 45 nitrogen and oxygen atoms in total. The lowest BCUT2D eigenvalue weighted by Crippen LogP contribution is -2.62. The molecule has 0 saturated carbocycles. The van der Waals surface area contributed by atoms with Crippen LogP contribution in [0.3, 0.4) is 0 Å². The number of aromatic nitrogens is 2. The molecule has 5 aromatic rings. The third-order valence-electron chi connectivity index (χ3n) is 19.1. The van der Waals surface area contributed by atoms with Crippen LogP contribution in [0.5, 0.6) is 5.75 Å². The quantitative estimate of drug-likeness (QED) is 0.00744. The molecule has 0 aliphatic rings. The molecule has 31 N–H and O–H groups in total. The van der Waals surface area contributed by atoms with Crippen molar-refractivity contribution in [1.82, 2.24) is 89.3 Å². The number of para-hydroxylation sites is 2. The Balaban J connectivity index is 1.40. The molecule has 3 aromatic carbocycles. The average Bonchev–Trinajstić information content (AvgIpc) is 1.73. The van der Waals surface area contributed by atoms with Crippen molar-refractivity contribution in [1.29, 1.82) is 5.41 Å². The summed E-state index contributed by atoms with van der Waals surface area (Å²) in [6, 6.07) is 1.39. The van der Waals surface area contributed by atoms with Crippen molar-refractivity contribution in [3.8, 4) is 5.75 Å². The summed E-state index contributed by atoms with van der Waals surface area (Å²) < 4.78 is 5.26. The zero-order valence-electron chi connectivity index (χ0n) is 69.0. The molecule has 47 heteroatoms. The van der Waals surface area contributed by atoms with Crippen LogP contribution in [0.1, 0.15) is 94.7 Å². The van der Waals surface area contributed by atoms with Crippen molar-refractivity contribution < 1.29 is 101 Å². The Labute approximate surface area is 728 Å². The minimum atomic E-state index is -1.93. The lowest BCUT2D eigenvalue weighted by atomic mass is 10.0. The molecule has 0 unspecified atom stereocenters. The number of amides is 18. The monoisotopic (exact) mass is 1780 g/mol. The Morgan fingerprint density at radius 3 is 1.44 bits per heavy atom. The highest BCUT2D eigenvalue weighted by atomic mass is 32.1. The maximum absolute atomic E-state index is 15.2. The van der Waals surface area contributed by atoms with E-state index in [9.17, 15) is 86.9 Å². The zero-order chi connectivity index (χ0) is 92.6. The molecule has 18 amide bonds. The van der Waals surface area contributed by atoms with E-state index in [4.69, 9.17) is 44.5 Å². The number of aliphatic hydroxyl groups is 1. The molecular weight excluding hydrogens is 1670 g/mol. The van der Waals surface area contributed by atoms with E-state index in [2.05, 4.69) is 110 Å². The van der Waals surface area contributed by atoms with Crippen molar-refractivity contribution in [3.05, 3.63) is 102 Å². The van der Waals surface area contributed by atoms with Gasteiger partial charge in [0.2, 0.25) is 106 Å². The Kier molecular flexibility index (Phi) is 42.9. The summed E-state index contributed by atoms with van der Waals surface area (Å²) in [7, 11) is 1.16. The van der Waals surface area contributed by atoms with Gasteiger partial charge in [0.05, 0.1) is 32.2 Å². The number of aliphatic hydroxyl groups excluding tert-OH is 1. The first-order valence-corrected chi connectivity index (χ1v) is 40.9. The zero-order valence-corrected chi connectivity index (χ0v) is 70.8. The van der Waals surface area contributed by atoms with Gasteiger partial charge in [-0.15, -0.1) is 0 Å². The summed E-state index contributed by atoms with van der Waals surface area (Å²) in [5.74, 6) is -18.9. The Bertz CT molecular complexity index is 4630. The number of nitrogens with one attached hydrogen (secondary N) is 17. The standard InChI is InChI=1S/C78H112N24O21S2/c1-40(103)66(101-70(115)52(22-24-61(81)107)95-74(119)58(38-124)91-41(2)104)76(121)99-56(31-44-34-89-49-14-7-5-12-47(44)49)72(117)94-51(21-23-60(80)106)69(114)100-59(39-125)75(120)97-54(29-42-17-19-45(105)20-18-42)71(116)98-55(30-43-33-88-48-13-6-4-11-46(43)48)73(118)96-53(16-10-26-87-78(84)85)77(122)102(3)36-64(110)93-57(32-62(82)108)68(113)90-35-63(109)86-27-28-123-37-65(111)92-50(67(83)112)15-8-9-25-79/h4-7,11-14,17-20,33-34,40,50-59,66,88-89,103,105,124-125H,8-10,15-16,21-32,35-39,79H2,1-3H3,(H2,80,106)(H2,81,107)(H2,82,108)(H2,83,112)(H,86,109)(H,90,113)(H,91,104)(H,92,111)(H,93,110)(H,94,117)(H,95,119)(H,96,118)(H,97,120)(H,98,116)(H,99,121)(H,100,114)(H,101,115)(H4,84,85,87)/t40-,50-,51+,52+,53+,54+,55+,56+,57+,58+,59+,66+/m1/s1. The number of phenolic OH excluding ortho intramolecular Hbond substituents is 1. The number of benzene rings is 3. The van der Waals surface area contributed by atoms with E-state index >= 15 is 9.59 Å². The van der Waals surface area contributed by atoms with E-state index < -0.39 is 249 Å². The number of carbonyl (C=O) groups excluding carboxylic acids is 18. The normalized spacial score (nSPS) is 13.9. The highest BCUT2D eigenvalue weighted by Gasteiger charge is 2.39. The molecule has 2 aromatic heterocycles. The van der Waals surface area contributed by atoms with Crippen LogP contribution in [0.2, 0.25) is 0 Å². The number of H-pyrrole nitrogens is 2. The van der Waals surface area contributed by atoms with E-state index in [1.54, 1.807) is 54.7 Å². The number of unbranched alkanes of at least 4 members (excludes halogenated alkanes) is 1. The number of phenols is 1. The maximum Gasteiger partial charge on any atom is 0.246 e. The van der Waals surface area contributed by atoms with Gasteiger partial charge in [-0.3, -0.25) is 91.7 Å². The third-order valence-corrected chi connectivity index (χ3v) is 19.8. The SMILES string of the molecule is CC(=O)N[C@@H](CS)C(=O)N[C@@H](CCC(N)=O)C(=O)N[C@H](C(=O)N[C@@H](Cc1c[nH]c2ccccc12)C(=O)N[C@@H](CCC(N)=O)C(=O)N[C@@H](CS)C(=O)N[C@@H](Cc1ccc(O)cc1)C(=O)N[C@@H](Cc1c[nH]c2ccccc12)C(=O)N[C@@H](CCCNC(=N)N)C(=O)N(C)CC(=O)N[C@@H](CC(N)=O)C(=O)NCC(=O)NCCOCC(=O)N[C@H](CCCCN)C(N)=O)[C@@H](C)O. The van der Waals surface area contributed by atoms with Crippen molar-refractivity contribution in [2.45, 2.75) is 170 Å². The number of rotatable bonds is 56. The van der Waals surface area contributed by atoms with Crippen molar-refractivity contribution in [3.63, 3.8) is 0 Å². The number of fused-ring (bicyclic) bond motifs is 2. The number of nitrogens with zero attached hydrogens (tertiary/aromatic N) is 1. The van der Waals surface area contributed by atoms with E-state index in [0.717, 1.165) is 25.8 Å². The van der Waals surface area contributed by atoms with Gasteiger partial charge in [0.1, 0.15) is 78.8 Å². The Morgan fingerprint density at radius 2 is 0.944 bits per heavy atom. The number of ether oxygens (including phenoxy) is 1. The number of primary amides is 4. The van der Waals surface area contributed by atoms with Gasteiger partial charge in [-0.05, 0) is 99.4 Å². The van der Waals surface area contributed by atoms with E-state index in [-0.39, 0.29) is 63.3 Å². The maximum atomic E-state index is 15.2. The summed E-state index contributed by atoms with van der Waals surface area (Å²) >= 11 is 8.46. The molecule has 682 valence electrons. The molecule has 0 fully saturated rings. The Morgan fingerprint density at radius 1 is 0.480 bits per heavy atom. The first-order chi connectivity index (χ1) is 59.3. The predicted molar refractivity (Wildman–Crippen MR) is 459 cm³/mol. The lowest BCUT2D eigenvalue weighted by molar-refractivity contribution is -0.140. The van der Waals surface area contributed by atoms with Crippen LogP contribution in [0.4, 0.5) is 0 Å². The number of guanidine groups is 1. The number of hydrogen-bond donors (Lipinski definition) is 27. The smallest absolute Gasteiger partial charge is 0.246 e. The van der Waals surface area contributed by atoms with Gasteiger partial charge >= 0.3 is 0 Å². The van der Waals surface area contributed by atoms with Crippen LogP contribution in [0.15, 0.2) is 85.2 Å². The molecule has 2 heterocycles. The first-order valence-electron chi connectivity index (χ1n) is 39.7. The average molecular weight is 1790 g/mol. The second-order valence-corrected chi connectivity index (χ2v) is 29.9. The minimum Gasteiger partial charge on any atom is -0.508 e. The van der Waals surface area contributed by atoms with Crippen LogP contribution in [-0.2, 0) is 110 Å². The summed E-state index contributed by atoms with van der Waals surface area (Å²) in [5, 5.41) is 64.8. The van der Waals surface area contributed by atoms with Crippen LogP contribution < -0.4 is 109 Å².